The van der Waals surface area contributed by atoms with Gasteiger partial charge in [-0.3, -0.25) is 4.79 Å². The molecule has 0 aromatic heterocycles. The number of carbonyl (C=O) groups is 2. The lowest BCUT2D eigenvalue weighted by atomic mass is 10.2. The molecule has 0 aliphatic carbocycles. The quantitative estimate of drug-likeness (QED) is 0.770. The second-order valence-corrected chi connectivity index (χ2v) is 3.86. The largest absolute Gasteiger partial charge is 0.494 e. The fourth-order valence-corrected chi connectivity index (χ4v) is 1.35. The van der Waals surface area contributed by atoms with Crippen molar-refractivity contribution >= 4 is 17.4 Å². The van der Waals surface area contributed by atoms with Crippen molar-refractivity contribution in [2.75, 3.05) is 11.9 Å². The molecule has 1 aromatic rings. The van der Waals surface area contributed by atoms with Gasteiger partial charge in [-0.25, -0.2) is 0 Å². The van der Waals surface area contributed by atoms with Crippen molar-refractivity contribution in [2.24, 2.45) is 0 Å². The maximum Gasteiger partial charge on any atom is 0.221 e. The smallest absolute Gasteiger partial charge is 0.221 e. The minimum absolute atomic E-state index is 0.0971. The van der Waals surface area contributed by atoms with E-state index in [1.54, 1.807) is 31.2 Å². The van der Waals surface area contributed by atoms with Gasteiger partial charge in [-0.2, -0.15) is 0 Å². The Morgan fingerprint density at radius 3 is 2.35 bits per heavy atom. The van der Waals surface area contributed by atoms with Crippen molar-refractivity contribution in [1.29, 1.82) is 0 Å². The fraction of sp³-hybridized carbons (Fsp3) is 0.385. The molecule has 0 saturated carbocycles. The van der Waals surface area contributed by atoms with Gasteiger partial charge in [0.1, 0.15) is 11.5 Å². The molecule has 17 heavy (non-hydrogen) atoms. The number of anilines is 1. The molecule has 0 saturated heterocycles. The van der Waals surface area contributed by atoms with Crippen LogP contribution in [0.25, 0.3) is 0 Å². The lowest BCUT2D eigenvalue weighted by Gasteiger charge is -2.06. The van der Waals surface area contributed by atoms with Crippen LogP contribution in [0.4, 0.5) is 5.69 Å². The first-order chi connectivity index (χ1) is 8.08. The number of benzene rings is 1. The van der Waals surface area contributed by atoms with Gasteiger partial charge in [-0.1, -0.05) is 0 Å². The molecule has 92 valence electrons. The van der Waals surface area contributed by atoms with Crippen molar-refractivity contribution in [2.45, 2.75) is 26.7 Å². The highest BCUT2D eigenvalue weighted by Gasteiger charge is 1.98. The summed E-state index contributed by atoms with van der Waals surface area (Å²) in [4.78, 5) is 21.5. The lowest BCUT2D eigenvalue weighted by molar-refractivity contribution is -0.117. The molecule has 0 fully saturated rings. The summed E-state index contributed by atoms with van der Waals surface area (Å²) in [5.74, 6) is 0.817. The average molecular weight is 235 g/mol. The minimum atomic E-state index is -0.0971. The van der Waals surface area contributed by atoms with E-state index in [0.717, 1.165) is 17.9 Å². The fourth-order valence-electron chi connectivity index (χ4n) is 1.35. The van der Waals surface area contributed by atoms with Gasteiger partial charge in [0.05, 0.1) is 6.61 Å². The molecule has 0 heterocycles. The van der Waals surface area contributed by atoms with Gasteiger partial charge in [-0.05, 0) is 37.6 Å². The molecule has 0 bridgehead atoms. The Hall–Kier alpha value is -1.84. The molecule has 0 spiro atoms. The van der Waals surface area contributed by atoms with Crippen molar-refractivity contribution in [1.82, 2.24) is 0 Å². The van der Waals surface area contributed by atoms with Crippen molar-refractivity contribution < 1.29 is 14.3 Å². The summed E-state index contributed by atoms with van der Waals surface area (Å²) in [6, 6.07) is 7.14. The van der Waals surface area contributed by atoms with Crippen LogP contribution in [0.3, 0.4) is 0 Å². The van der Waals surface area contributed by atoms with Crippen molar-refractivity contribution in [3.05, 3.63) is 24.3 Å². The van der Waals surface area contributed by atoms with Crippen LogP contribution in [0.1, 0.15) is 26.7 Å². The molecule has 4 heteroatoms. The number of amides is 1. The first-order valence-corrected chi connectivity index (χ1v) is 5.58. The Morgan fingerprint density at radius 1 is 1.18 bits per heavy atom. The molecular formula is C13H17NO3. The summed E-state index contributed by atoms with van der Waals surface area (Å²) in [5.41, 5.74) is 0.744. The van der Waals surface area contributed by atoms with E-state index in [9.17, 15) is 9.59 Å². The molecule has 0 radical (unpaired) electrons. The summed E-state index contributed by atoms with van der Waals surface area (Å²) in [7, 11) is 0. The Bertz CT molecular complexity index is 384. The van der Waals surface area contributed by atoms with E-state index in [-0.39, 0.29) is 11.7 Å². The Morgan fingerprint density at radius 2 is 1.82 bits per heavy atom. The van der Waals surface area contributed by atoms with Crippen LogP contribution < -0.4 is 10.1 Å². The molecule has 1 amide bonds. The maximum atomic E-state index is 10.8. The SMILES string of the molecule is CC(=O)CCCOc1ccc(NC(C)=O)cc1. The lowest BCUT2D eigenvalue weighted by Crippen LogP contribution is -2.05. The first kappa shape index (κ1) is 13.2. The van der Waals surface area contributed by atoms with Gasteiger partial charge in [0.25, 0.3) is 0 Å². The molecular weight excluding hydrogens is 218 g/mol. The molecule has 0 atom stereocenters. The second kappa shape index (κ2) is 6.68. The first-order valence-electron chi connectivity index (χ1n) is 5.58. The van der Waals surface area contributed by atoms with Gasteiger partial charge in [-0.15, -0.1) is 0 Å². The highest BCUT2D eigenvalue weighted by atomic mass is 16.5. The zero-order valence-corrected chi connectivity index (χ0v) is 10.2. The van der Waals surface area contributed by atoms with Crippen LogP contribution in [-0.2, 0) is 9.59 Å². The summed E-state index contributed by atoms with van der Waals surface area (Å²) in [5, 5.41) is 2.68. The zero-order valence-electron chi connectivity index (χ0n) is 10.2. The number of hydrogen-bond donors (Lipinski definition) is 1. The van der Waals surface area contributed by atoms with Crippen molar-refractivity contribution in [3.63, 3.8) is 0 Å². The number of carbonyl (C=O) groups excluding carboxylic acids is 2. The standard InChI is InChI=1S/C13H17NO3/c1-10(15)4-3-9-17-13-7-5-12(6-8-13)14-11(2)16/h5-8H,3-4,9H2,1-2H3,(H,14,16). The normalized spacial score (nSPS) is 9.76. The van der Waals surface area contributed by atoms with Gasteiger partial charge < -0.3 is 14.8 Å². The van der Waals surface area contributed by atoms with E-state index in [0.29, 0.717) is 13.0 Å². The Labute approximate surface area is 101 Å². The number of ketones is 1. The van der Waals surface area contributed by atoms with Crippen LogP contribution in [0.2, 0.25) is 0 Å². The second-order valence-electron chi connectivity index (χ2n) is 3.86. The number of rotatable bonds is 6. The third-order valence-corrected chi connectivity index (χ3v) is 2.12. The zero-order chi connectivity index (χ0) is 12.7. The predicted octanol–water partition coefficient (Wildman–Crippen LogP) is 2.39. The van der Waals surface area contributed by atoms with Crippen LogP contribution in [-0.4, -0.2) is 18.3 Å². The molecule has 0 unspecified atom stereocenters. The third-order valence-electron chi connectivity index (χ3n) is 2.12. The molecule has 1 rings (SSSR count). The van der Waals surface area contributed by atoms with E-state index >= 15 is 0 Å². The molecule has 1 N–H and O–H groups in total. The number of ether oxygens (including phenoxy) is 1. The molecule has 1 aromatic carbocycles. The van der Waals surface area contributed by atoms with E-state index in [4.69, 9.17) is 4.74 Å². The predicted molar refractivity (Wildman–Crippen MR) is 66.2 cm³/mol. The van der Waals surface area contributed by atoms with Crippen LogP contribution in [0.5, 0.6) is 5.75 Å². The van der Waals surface area contributed by atoms with Crippen LogP contribution in [0.15, 0.2) is 24.3 Å². The van der Waals surface area contributed by atoms with E-state index in [2.05, 4.69) is 5.32 Å². The number of Topliss-reactive ketones (excluding diaryl/α,β-unsaturated/α-hetero) is 1. The molecule has 4 nitrogen and oxygen atoms in total. The molecule has 0 aliphatic rings. The minimum Gasteiger partial charge on any atom is -0.494 e. The molecule has 0 aliphatic heterocycles. The van der Waals surface area contributed by atoms with Gasteiger partial charge >= 0.3 is 0 Å². The number of hydrogen-bond acceptors (Lipinski definition) is 3. The average Bonchev–Trinajstić information content (AvgIpc) is 2.25. The van der Waals surface area contributed by atoms with Crippen LogP contribution >= 0.6 is 0 Å². The van der Waals surface area contributed by atoms with Gasteiger partial charge in [0.2, 0.25) is 5.91 Å². The van der Waals surface area contributed by atoms with E-state index in [1.165, 1.54) is 6.92 Å². The van der Waals surface area contributed by atoms with Crippen molar-refractivity contribution in [3.8, 4) is 5.75 Å². The van der Waals surface area contributed by atoms with E-state index < -0.39 is 0 Å². The van der Waals surface area contributed by atoms with Crippen LogP contribution in [0, 0.1) is 0 Å². The van der Waals surface area contributed by atoms with E-state index in [1.807, 2.05) is 0 Å². The highest BCUT2D eigenvalue weighted by molar-refractivity contribution is 5.88. The summed E-state index contributed by atoms with van der Waals surface area (Å²) >= 11 is 0. The Balaban J connectivity index is 2.35. The summed E-state index contributed by atoms with van der Waals surface area (Å²) in [6.07, 6.45) is 1.27. The highest BCUT2D eigenvalue weighted by Crippen LogP contribution is 2.15. The summed E-state index contributed by atoms with van der Waals surface area (Å²) in [6.45, 7) is 3.56. The summed E-state index contributed by atoms with van der Waals surface area (Å²) < 4.78 is 5.45. The van der Waals surface area contributed by atoms with Gasteiger partial charge in [0, 0.05) is 19.0 Å². The third kappa shape index (κ3) is 5.70. The topological polar surface area (TPSA) is 55.4 Å². The van der Waals surface area contributed by atoms with Gasteiger partial charge in [0.15, 0.2) is 0 Å². The number of nitrogens with one attached hydrogen (secondary N) is 1. The Kier molecular flexibility index (Phi) is 5.20. The maximum absolute atomic E-state index is 10.8. The monoisotopic (exact) mass is 235 g/mol.